The van der Waals surface area contributed by atoms with Crippen molar-refractivity contribution in [3.05, 3.63) is 58.7 Å². The number of fused-ring (bicyclic) bond motifs is 2. The minimum Gasteiger partial charge on any atom is -0.497 e. The Balaban J connectivity index is 1.43. The molecule has 2 aliphatic rings. The number of allylic oxidation sites excluding steroid dienone is 1. The van der Waals surface area contributed by atoms with E-state index in [1.165, 1.54) is 47.1 Å². The monoisotopic (exact) mass is 393 g/mol. The fourth-order valence-electron chi connectivity index (χ4n) is 4.57. The van der Waals surface area contributed by atoms with E-state index in [1.807, 2.05) is 0 Å². The van der Waals surface area contributed by atoms with Gasteiger partial charge in [0, 0.05) is 19.6 Å². The largest absolute Gasteiger partial charge is 0.497 e. The molecule has 0 bridgehead atoms. The van der Waals surface area contributed by atoms with Crippen molar-refractivity contribution in [3.63, 3.8) is 0 Å². The highest BCUT2D eigenvalue weighted by atomic mass is 16.5. The summed E-state index contributed by atoms with van der Waals surface area (Å²) in [7, 11) is 5.15. The summed E-state index contributed by atoms with van der Waals surface area (Å²) < 4.78 is 16.4. The van der Waals surface area contributed by atoms with Crippen molar-refractivity contribution in [2.75, 3.05) is 34.4 Å². The van der Waals surface area contributed by atoms with Crippen LogP contribution in [0.2, 0.25) is 0 Å². The van der Waals surface area contributed by atoms with Crippen LogP contribution in [0.25, 0.3) is 5.57 Å². The van der Waals surface area contributed by atoms with Gasteiger partial charge in [-0.25, -0.2) is 0 Å². The summed E-state index contributed by atoms with van der Waals surface area (Å²) in [5.41, 5.74) is 7.06. The number of methoxy groups -OCH3 is 3. The second-order valence-electron chi connectivity index (χ2n) is 7.90. The standard InChI is InChI=1S/C25H31NO3/c1-27-22-10-9-19-7-4-6-18(23(19)16-22)8-5-12-26-13-11-20-14-24(28-2)25(29-3)15-21(20)17-26/h8-10,14-16H,4-7,11-13,17H2,1-3H3/b18-8+. The number of nitrogens with zero attached hydrogens (tertiary/aromatic N) is 1. The molecule has 0 spiro atoms. The van der Waals surface area contributed by atoms with Crippen molar-refractivity contribution >= 4 is 5.57 Å². The quantitative estimate of drug-likeness (QED) is 0.700. The Hall–Kier alpha value is -2.46. The summed E-state index contributed by atoms with van der Waals surface area (Å²) in [6.45, 7) is 3.15. The number of rotatable bonds is 6. The molecule has 0 aromatic heterocycles. The van der Waals surface area contributed by atoms with Crippen LogP contribution in [-0.4, -0.2) is 39.3 Å². The Morgan fingerprint density at radius 2 is 1.66 bits per heavy atom. The predicted octanol–water partition coefficient (Wildman–Crippen LogP) is 4.88. The lowest BCUT2D eigenvalue weighted by Crippen LogP contribution is -2.31. The molecular formula is C25H31NO3. The molecule has 0 saturated carbocycles. The van der Waals surface area contributed by atoms with Crippen LogP contribution >= 0.6 is 0 Å². The highest BCUT2D eigenvalue weighted by Crippen LogP contribution is 2.35. The second-order valence-corrected chi connectivity index (χ2v) is 7.90. The fourth-order valence-corrected chi connectivity index (χ4v) is 4.57. The first-order valence-corrected chi connectivity index (χ1v) is 10.5. The van der Waals surface area contributed by atoms with E-state index in [0.717, 1.165) is 49.7 Å². The third-order valence-electron chi connectivity index (χ3n) is 6.19. The Bertz CT molecular complexity index is 903. The molecule has 0 fully saturated rings. The highest BCUT2D eigenvalue weighted by Gasteiger charge is 2.19. The molecule has 0 radical (unpaired) electrons. The average molecular weight is 394 g/mol. The topological polar surface area (TPSA) is 30.9 Å². The van der Waals surface area contributed by atoms with Gasteiger partial charge in [-0.3, -0.25) is 4.90 Å². The van der Waals surface area contributed by atoms with Gasteiger partial charge >= 0.3 is 0 Å². The summed E-state index contributed by atoms with van der Waals surface area (Å²) in [4.78, 5) is 2.54. The van der Waals surface area contributed by atoms with Crippen molar-refractivity contribution in [1.82, 2.24) is 4.90 Å². The molecule has 0 unspecified atom stereocenters. The van der Waals surface area contributed by atoms with Crippen molar-refractivity contribution in [2.24, 2.45) is 0 Å². The Morgan fingerprint density at radius 3 is 2.41 bits per heavy atom. The molecule has 2 aromatic rings. The molecule has 1 aliphatic carbocycles. The molecule has 4 rings (SSSR count). The maximum atomic E-state index is 5.49. The first kappa shape index (κ1) is 19.8. The Morgan fingerprint density at radius 1 is 0.862 bits per heavy atom. The van der Waals surface area contributed by atoms with Crippen LogP contribution in [-0.2, 0) is 19.4 Å². The highest BCUT2D eigenvalue weighted by molar-refractivity contribution is 5.71. The van der Waals surface area contributed by atoms with Gasteiger partial charge in [-0.1, -0.05) is 12.1 Å². The first-order chi connectivity index (χ1) is 14.2. The number of ether oxygens (including phenoxy) is 3. The van der Waals surface area contributed by atoms with Gasteiger partial charge in [0.25, 0.3) is 0 Å². The van der Waals surface area contributed by atoms with Crippen molar-refractivity contribution in [2.45, 2.75) is 38.6 Å². The van der Waals surface area contributed by atoms with Gasteiger partial charge in [0.05, 0.1) is 21.3 Å². The zero-order valence-corrected chi connectivity index (χ0v) is 17.8. The van der Waals surface area contributed by atoms with Crippen molar-refractivity contribution in [3.8, 4) is 17.2 Å². The van der Waals surface area contributed by atoms with Gasteiger partial charge in [-0.2, -0.15) is 0 Å². The summed E-state index contributed by atoms with van der Waals surface area (Å²) in [6, 6.07) is 10.8. The molecule has 154 valence electrons. The van der Waals surface area contributed by atoms with E-state index >= 15 is 0 Å². The maximum absolute atomic E-state index is 5.49. The van der Waals surface area contributed by atoms with Crippen molar-refractivity contribution in [1.29, 1.82) is 0 Å². The Labute approximate surface area is 174 Å². The van der Waals surface area contributed by atoms with E-state index in [0.29, 0.717) is 0 Å². The lowest BCUT2D eigenvalue weighted by Gasteiger charge is -2.29. The molecular weight excluding hydrogens is 362 g/mol. The zero-order chi connectivity index (χ0) is 20.2. The van der Waals surface area contributed by atoms with Crippen LogP contribution in [0.1, 0.15) is 41.5 Å². The van der Waals surface area contributed by atoms with E-state index in [2.05, 4.69) is 41.3 Å². The second kappa shape index (κ2) is 8.91. The lowest BCUT2D eigenvalue weighted by molar-refractivity contribution is 0.257. The van der Waals surface area contributed by atoms with E-state index in [-0.39, 0.29) is 0 Å². The fraction of sp³-hybridized carbons (Fsp3) is 0.440. The van der Waals surface area contributed by atoms with E-state index in [4.69, 9.17) is 14.2 Å². The van der Waals surface area contributed by atoms with E-state index in [1.54, 1.807) is 21.3 Å². The minimum absolute atomic E-state index is 0.822. The molecule has 4 heteroatoms. The molecule has 0 atom stereocenters. The zero-order valence-electron chi connectivity index (χ0n) is 17.8. The number of aryl methyl sites for hydroxylation is 1. The van der Waals surface area contributed by atoms with Crippen LogP contribution in [0.15, 0.2) is 36.4 Å². The number of hydrogen-bond acceptors (Lipinski definition) is 4. The van der Waals surface area contributed by atoms with E-state index < -0.39 is 0 Å². The summed E-state index contributed by atoms with van der Waals surface area (Å²) in [6.07, 6.45) is 8.16. The van der Waals surface area contributed by atoms with Gasteiger partial charge in [0.2, 0.25) is 0 Å². The first-order valence-electron chi connectivity index (χ1n) is 10.5. The van der Waals surface area contributed by atoms with Gasteiger partial charge in [-0.15, -0.1) is 0 Å². The molecule has 1 heterocycles. The van der Waals surface area contributed by atoms with E-state index in [9.17, 15) is 0 Å². The van der Waals surface area contributed by atoms with Gasteiger partial charge in [0.15, 0.2) is 11.5 Å². The van der Waals surface area contributed by atoms with Crippen LogP contribution < -0.4 is 14.2 Å². The lowest BCUT2D eigenvalue weighted by atomic mass is 9.86. The smallest absolute Gasteiger partial charge is 0.161 e. The molecule has 2 aromatic carbocycles. The van der Waals surface area contributed by atoms with Gasteiger partial charge < -0.3 is 14.2 Å². The summed E-state index contributed by atoms with van der Waals surface area (Å²) >= 11 is 0. The third kappa shape index (κ3) is 4.27. The summed E-state index contributed by atoms with van der Waals surface area (Å²) in [5.74, 6) is 2.60. The molecule has 1 aliphatic heterocycles. The maximum Gasteiger partial charge on any atom is 0.161 e. The Kier molecular flexibility index (Phi) is 6.10. The van der Waals surface area contributed by atoms with Crippen LogP contribution in [0, 0.1) is 0 Å². The summed E-state index contributed by atoms with van der Waals surface area (Å²) in [5, 5.41) is 0. The van der Waals surface area contributed by atoms with Gasteiger partial charge in [-0.05, 0) is 84.2 Å². The minimum atomic E-state index is 0.822. The van der Waals surface area contributed by atoms with Crippen LogP contribution in [0.4, 0.5) is 0 Å². The normalized spacial score (nSPS) is 17.6. The van der Waals surface area contributed by atoms with Gasteiger partial charge in [0.1, 0.15) is 5.75 Å². The SMILES string of the molecule is COc1ccc2c(c1)/C(=C/CCN1CCc3cc(OC)c(OC)cc3C1)CCC2. The molecule has 4 nitrogen and oxygen atoms in total. The molecule has 0 N–H and O–H groups in total. The average Bonchev–Trinajstić information content (AvgIpc) is 2.77. The van der Waals surface area contributed by atoms with Crippen LogP contribution in [0.5, 0.6) is 17.2 Å². The number of hydrogen-bond donors (Lipinski definition) is 0. The van der Waals surface area contributed by atoms with Crippen LogP contribution in [0.3, 0.4) is 0 Å². The van der Waals surface area contributed by atoms with Crippen molar-refractivity contribution < 1.29 is 14.2 Å². The molecule has 0 saturated heterocycles. The molecule has 29 heavy (non-hydrogen) atoms. The number of benzene rings is 2. The molecule has 0 amide bonds. The predicted molar refractivity (Wildman–Crippen MR) is 117 cm³/mol. The third-order valence-corrected chi connectivity index (χ3v) is 6.19.